The highest BCUT2D eigenvalue weighted by Gasteiger charge is 2.25. The minimum Gasteiger partial charge on any atom is -0.398 e. The van der Waals surface area contributed by atoms with Crippen LogP contribution in [0.3, 0.4) is 0 Å². The molecule has 172 valence electrons. The third kappa shape index (κ3) is 9.57. The number of nitrogens with two attached hydrogens (primary N) is 4. The summed E-state index contributed by atoms with van der Waals surface area (Å²) >= 11 is 5.29. The zero-order chi connectivity index (χ0) is 24.1. The SMILES string of the molecule is CC(=CCCCN(C)C)C(N)=O.NNC(=O)c1c(N)cccc1C(=O)N(N)C(=O)CCl. The molecule has 0 radical (unpaired) electrons. The van der Waals surface area contributed by atoms with Gasteiger partial charge in [-0.1, -0.05) is 12.1 Å². The number of nitrogen functional groups attached to an aromatic ring is 2. The number of rotatable bonds is 8. The molecule has 1 aromatic carbocycles. The molecule has 0 aliphatic carbocycles. The summed E-state index contributed by atoms with van der Waals surface area (Å²) < 4.78 is 0. The van der Waals surface area contributed by atoms with Gasteiger partial charge in [-0.25, -0.2) is 16.7 Å². The summed E-state index contributed by atoms with van der Waals surface area (Å²) in [7, 11) is 4.06. The van der Waals surface area contributed by atoms with Gasteiger partial charge >= 0.3 is 0 Å². The highest BCUT2D eigenvalue weighted by molar-refractivity contribution is 6.29. The van der Waals surface area contributed by atoms with Gasteiger partial charge in [0.25, 0.3) is 17.7 Å². The predicted octanol–water partition coefficient (Wildman–Crippen LogP) is -0.287. The maximum atomic E-state index is 12.0. The quantitative estimate of drug-likeness (QED) is 0.0671. The number of unbranched alkanes of at least 4 members (excludes halogenated alkanes) is 1. The fourth-order valence-electron chi connectivity index (χ4n) is 2.21. The number of carbonyl (C=O) groups excluding carboxylic acids is 4. The molecule has 0 fully saturated rings. The summed E-state index contributed by atoms with van der Waals surface area (Å²) in [5.74, 6) is 7.04. The van der Waals surface area contributed by atoms with Crippen LogP contribution in [-0.4, -0.2) is 60.1 Å². The van der Waals surface area contributed by atoms with Crippen molar-refractivity contribution in [2.24, 2.45) is 17.4 Å². The fraction of sp³-hybridized carbons (Fsp3) is 0.368. The van der Waals surface area contributed by atoms with E-state index in [4.69, 9.17) is 34.8 Å². The molecular formula is C19H30ClN7O4. The van der Waals surface area contributed by atoms with E-state index in [1.165, 1.54) is 18.2 Å². The second kappa shape index (κ2) is 14.1. The van der Waals surface area contributed by atoms with Crippen LogP contribution in [0.4, 0.5) is 5.69 Å². The van der Waals surface area contributed by atoms with Gasteiger partial charge in [0.05, 0.1) is 11.1 Å². The maximum Gasteiger partial charge on any atom is 0.275 e. The molecule has 12 heteroatoms. The summed E-state index contributed by atoms with van der Waals surface area (Å²) in [6.45, 7) is 2.79. The molecule has 0 bridgehead atoms. The Morgan fingerprint density at radius 1 is 1.19 bits per heavy atom. The molecule has 0 aliphatic heterocycles. The molecule has 0 spiro atoms. The zero-order valence-corrected chi connectivity index (χ0v) is 18.6. The molecule has 1 rings (SSSR count). The first kappa shape index (κ1) is 28.0. The lowest BCUT2D eigenvalue weighted by molar-refractivity contribution is -0.126. The molecule has 0 heterocycles. The standard InChI is InChI=1S/C10H12ClN5O3.C9H18N2O/c11-4-7(17)16(14)10(19)5-2-1-3-6(12)8(5)9(18)15-13;1-8(9(10)12)6-4-5-7-11(2)3/h1-3H,4,12-14H2,(H,15,18);6H,4-5,7H2,1-3H3,(H2,10,12). The molecular weight excluding hydrogens is 426 g/mol. The van der Waals surface area contributed by atoms with Crippen molar-refractivity contribution in [2.45, 2.75) is 19.8 Å². The van der Waals surface area contributed by atoms with Crippen LogP contribution in [0.1, 0.15) is 40.5 Å². The molecule has 0 saturated heterocycles. The Morgan fingerprint density at radius 2 is 1.81 bits per heavy atom. The van der Waals surface area contributed by atoms with E-state index in [-0.39, 0.29) is 22.7 Å². The minimum atomic E-state index is -0.906. The lowest BCUT2D eigenvalue weighted by Gasteiger charge is -2.16. The Hall–Kier alpha value is -2.99. The first-order valence-electron chi connectivity index (χ1n) is 9.16. The summed E-state index contributed by atoms with van der Waals surface area (Å²) in [5, 5.41) is 0.315. The number of alkyl halides is 1. The van der Waals surface area contributed by atoms with Gasteiger partial charge in [-0.15, -0.1) is 11.6 Å². The highest BCUT2D eigenvalue weighted by atomic mass is 35.5. The van der Waals surface area contributed by atoms with Gasteiger partial charge in [0.1, 0.15) is 5.88 Å². The van der Waals surface area contributed by atoms with E-state index in [1.807, 2.05) is 25.6 Å². The van der Waals surface area contributed by atoms with E-state index in [1.54, 1.807) is 6.92 Å². The Kier molecular flexibility index (Phi) is 12.7. The molecule has 0 aliphatic rings. The number of hydrogen-bond donors (Lipinski definition) is 5. The Balaban J connectivity index is 0.000000649. The normalized spacial score (nSPS) is 10.7. The number of nitrogens with zero attached hydrogens (tertiary/aromatic N) is 2. The van der Waals surface area contributed by atoms with Crippen molar-refractivity contribution in [3.8, 4) is 0 Å². The second-order valence-corrected chi connectivity index (χ2v) is 6.91. The van der Waals surface area contributed by atoms with Crippen molar-refractivity contribution in [1.82, 2.24) is 15.3 Å². The smallest absolute Gasteiger partial charge is 0.275 e. The van der Waals surface area contributed by atoms with Gasteiger partial charge in [-0.2, -0.15) is 0 Å². The van der Waals surface area contributed by atoms with E-state index in [2.05, 4.69) is 4.90 Å². The summed E-state index contributed by atoms with van der Waals surface area (Å²) in [6, 6.07) is 4.14. The predicted molar refractivity (Wildman–Crippen MR) is 119 cm³/mol. The largest absolute Gasteiger partial charge is 0.398 e. The number of primary amides is 1. The fourth-order valence-corrected chi connectivity index (χ4v) is 2.34. The number of amides is 4. The van der Waals surface area contributed by atoms with Crippen molar-refractivity contribution < 1.29 is 19.2 Å². The van der Waals surface area contributed by atoms with E-state index >= 15 is 0 Å². The molecule has 0 unspecified atom stereocenters. The van der Waals surface area contributed by atoms with Crippen molar-refractivity contribution in [1.29, 1.82) is 0 Å². The molecule has 0 aromatic heterocycles. The topological polar surface area (TPSA) is 191 Å². The van der Waals surface area contributed by atoms with E-state index in [0.717, 1.165) is 19.4 Å². The number of imide groups is 1. The third-order valence-corrected chi connectivity index (χ3v) is 4.16. The molecule has 1 aromatic rings. The molecule has 4 amide bonds. The summed E-state index contributed by atoms with van der Waals surface area (Å²) in [5.41, 5.74) is 12.9. The maximum absolute atomic E-state index is 12.0. The molecule has 9 N–H and O–H groups in total. The van der Waals surface area contributed by atoms with Crippen LogP contribution in [-0.2, 0) is 9.59 Å². The average Bonchev–Trinajstić information content (AvgIpc) is 2.74. The molecule has 0 atom stereocenters. The van der Waals surface area contributed by atoms with Crippen LogP contribution in [0, 0.1) is 0 Å². The number of benzene rings is 1. The minimum absolute atomic E-state index is 0.0283. The highest BCUT2D eigenvalue weighted by Crippen LogP contribution is 2.18. The lowest BCUT2D eigenvalue weighted by atomic mass is 10.0. The van der Waals surface area contributed by atoms with Crippen molar-refractivity contribution in [3.63, 3.8) is 0 Å². The van der Waals surface area contributed by atoms with Crippen LogP contribution in [0.2, 0.25) is 0 Å². The van der Waals surface area contributed by atoms with Crippen LogP contribution in [0.25, 0.3) is 0 Å². The molecule has 11 nitrogen and oxygen atoms in total. The first-order chi connectivity index (χ1) is 14.5. The Labute approximate surface area is 186 Å². The third-order valence-electron chi connectivity index (χ3n) is 3.94. The number of hydrazine groups is 2. The van der Waals surface area contributed by atoms with E-state index in [9.17, 15) is 19.2 Å². The van der Waals surface area contributed by atoms with Gasteiger partial charge in [0.2, 0.25) is 5.91 Å². The van der Waals surface area contributed by atoms with Gasteiger partial charge in [0.15, 0.2) is 0 Å². The summed E-state index contributed by atoms with van der Waals surface area (Å²) in [4.78, 5) is 47.5. The van der Waals surface area contributed by atoms with Gasteiger partial charge in [-0.05, 0) is 52.5 Å². The molecule has 31 heavy (non-hydrogen) atoms. The summed E-state index contributed by atoms with van der Waals surface area (Å²) in [6.07, 6.45) is 3.89. The number of carbonyl (C=O) groups is 4. The Morgan fingerprint density at radius 3 is 2.29 bits per heavy atom. The van der Waals surface area contributed by atoms with Crippen molar-refractivity contribution >= 4 is 40.9 Å². The van der Waals surface area contributed by atoms with Crippen LogP contribution in [0.15, 0.2) is 29.8 Å². The number of allylic oxidation sites excluding steroid dienone is 1. The number of halogens is 1. The second-order valence-electron chi connectivity index (χ2n) is 6.64. The van der Waals surface area contributed by atoms with Crippen molar-refractivity contribution in [3.05, 3.63) is 41.0 Å². The van der Waals surface area contributed by atoms with Gasteiger partial charge in [-0.3, -0.25) is 24.6 Å². The first-order valence-corrected chi connectivity index (χ1v) is 9.69. The lowest BCUT2D eigenvalue weighted by Crippen LogP contribution is -2.44. The van der Waals surface area contributed by atoms with Crippen molar-refractivity contribution in [2.75, 3.05) is 32.3 Å². The number of nitrogens with one attached hydrogen (secondary N) is 1. The van der Waals surface area contributed by atoms with Gasteiger partial charge in [0, 0.05) is 11.3 Å². The average molecular weight is 456 g/mol. The van der Waals surface area contributed by atoms with E-state index in [0.29, 0.717) is 10.6 Å². The van der Waals surface area contributed by atoms with E-state index < -0.39 is 23.6 Å². The zero-order valence-electron chi connectivity index (χ0n) is 17.9. The van der Waals surface area contributed by atoms with Crippen LogP contribution < -0.4 is 28.6 Å². The van der Waals surface area contributed by atoms with Crippen LogP contribution in [0.5, 0.6) is 0 Å². The number of anilines is 1. The number of hydrogen-bond acceptors (Lipinski definition) is 8. The molecule has 0 saturated carbocycles. The van der Waals surface area contributed by atoms with Gasteiger partial charge < -0.3 is 16.4 Å². The Bertz CT molecular complexity index is 827. The monoisotopic (exact) mass is 455 g/mol. The van der Waals surface area contributed by atoms with Crippen LogP contribution >= 0.6 is 11.6 Å².